The second kappa shape index (κ2) is 6.16. The molecule has 0 saturated carbocycles. The van der Waals surface area contributed by atoms with Gasteiger partial charge in [-0.2, -0.15) is 0 Å². The first-order valence-electron chi connectivity index (χ1n) is 6.71. The highest BCUT2D eigenvalue weighted by Crippen LogP contribution is 2.19. The van der Waals surface area contributed by atoms with Gasteiger partial charge in [-0.15, -0.1) is 0 Å². The number of carbonyl (C=O) groups is 1. The quantitative estimate of drug-likeness (QED) is 0.838. The van der Waals surface area contributed by atoms with Crippen molar-refractivity contribution in [2.24, 2.45) is 0 Å². The fourth-order valence-corrected chi connectivity index (χ4v) is 2.29. The lowest BCUT2D eigenvalue weighted by molar-refractivity contribution is -0.117. The molecule has 19 heavy (non-hydrogen) atoms. The molecule has 0 radical (unpaired) electrons. The van der Waals surface area contributed by atoms with E-state index in [2.05, 4.69) is 10.5 Å². The maximum atomic E-state index is 11.9. The molecule has 0 bridgehead atoms. The molecule has 6 nitrogen and oxygen atoms in total. The molecule has 2 rings (SSSR count). The predicted molar refractivity (Wildman–Crippen MR) is 70.9 cm³/mol. The lowest BCUT2D eigenvalue weighted by atomic mass is 10.1. The van der Waals surface area contributed by atoms with Gasteiger partial charge in [-0.25, -0.2) is 0 Å². The van der Waals surface area contributed by atoms with E-state index in [1.807, 2.05) is 18.7 Å². The smallest absolute Gasteiger partial charge is 0.240 e. The maximum absolute atomic E-state index is 11.9. The summed E-state index contributed by atoms with van der Waals surface area (Å²) in [6, 6.07) is 1.85. The van der Waals surface area contributed by atoms with E-state index in [-0.39, 0.29) is 31.0 Å². The third-order valence-corrected chi connectivity index (χ3v) is 3.44. The second-order valence-corrected chi connectivity index (χ2v) is 5.27. The van der Waals surface area contributed by atoms with Crippen LogP contribution in [0.1, 0.15) is 38.3 Å². The highest BCUT2D eigenvalue weighted by molar-refractivity contribution is 5.91. The van der Waals surface area contributed by atoms with Gasteiger partial charge in [-0.3, -0.25) is 15.0 Å². The summed E-state index contributed by atoms with van der Waals surface area (Å²) in [6.45, 7) is 5.27. The highest BCUT2D eigenvalue weighted by atomic mass is 16.5. The van der Waals surface area contributed by atoms with E-state index in [1.54, 1.807) is 6.07 Å². The minimum absolute atomic E-state index is 0.103. The molecule has 2 heterocycles. The van der Waals surface area contributed by atoms with Gasteiger partial charge in [-0.1, -0.05) is 19.0 Å². The van der Waals surface area contributed by atoms with Crippen molar-refractivity contribution in [1.29, 1.82) is 0 Å². The first-order chi connectivity index (χ1) is 9.10. The third-order valence-electron chi connectivity index (χ3n) is 3.44. The van der Waals surface area contributed by atoms with Crippen LogP contribution >= 0.6 is 0 Å². The molecule has 1 fully saturated rings. The molecule has 0 unspecified atom stereocenters. The van der Waals surface area contributed by atoms with Crippen LogP contribution in [0.15, 0.2) is 10.6 Å². The Kier molecular flexibility index (Phi) is 4.55. The zero-order valence-electron chi connectivity index (χ0n) is 11.4. The van der Waals surface area contributed by atoms with Crippen LogP contribution in [0.5, 0.6) is 0 Å². The van der Waals surface area contributed by atoms with Gasteiger partial charge in [0.05, 0.1) is 18.8 Å². The molecule has 1 atom stereocenters. The van der Waals surface area contributed by atoms with E-state index in [1.165, 1.54) is 0 Å². The van der Waals surface area contributed by atoms with Crippen LogP contribution in [0.3, 0.4) is 0 Å². The van der Waals surface area contributed by atoms with Gasteiger partial charge in [0.25, 0.3) is 0 Å². The van der Waals surface area contributed by atoms with Crippen LogP contribution < -0.4 is 5.32 Å². The Balaban J connectivity index is 1.86. The molecular formula is C13H21N3O3. The van der Waals surface area contributed by atoms with E-state index in [4.69, 9.17) is 4.52 Å². The number of hydrogen-bond donors (Lipinski definition) is 2. The molecule has 1 aromatic heterocycles. The van der Waals surface area contributed by atoms with Crippen LogP contribution in [0.2, 0.25) is 0 Å². The summed E-state index contributed by atoms with van der Waals surface area (Å²) in [4.78, 5) is 13.9. The monoisotopic (exact) mass is 267 g/mol. The fraction of sp³-hybridized carbons (Fsp3) is 0.692. The Labute approximate surface area is 112 Å². The van der Waals surface area contributed by atoms with Crippen molar-refractivity contribution in [2.75, 3.05) is 25.0 Å². The van der Waals surface area contributed by atoms with E-state index < -0.39 is 0 Å². The molecule has 0 spiro atoms. The number of hydrogen-bond acceptors (Lipinski definition) is 5. The minimum atomic E-state index is -0.133. The molecule has 6 heteroatoms. The van der Waals surface area contributed by atoms with Crippen molar-refractivity contribution >= 4 is 11.8 Å². The first kappa shape index (κ1) is 14.0. The molecule has 1 amide bonds. The van der Waals surface area contributed by atoms with Gasteiger partial charge in [0.2, 0.25) is 11.8 Å². The lowest BCUT2D eigenvalue weighted by Crippen LogP contribution is -2.38. The molecule has 1 saturated heterocycles. The van der Waals surface area contributed by atoms with Gasteiger partial charge in [0.1, 0.15) is 0 Å². The number of likely N-dealkylation sites (tertiary alicyclic amines) is 1. The van der Waals surface area contributed by atoms with Crippen molar-refractivity contribution in [3.05, 3.63) is 11.8 Å². The zero-order chi connectivity index (χ0) is 13.8. The number of nitrogens with zero attached hydrogens (tertiary/aromatic N) is 2. The predicted octanol–water partition coefficient (Wildman–Crippen LogP) is 1.19. The first-order valence-corrected chi connectivity index (χ1v) is 6.71. The number of aromatic nitrogens is 1. The van der Waals surface area contributed by atoms with Crippen molar-refractivity contribution in [3.63, 3.8) is 0 Å². The van der Waals surface area contributed by atoms with Crippen molar-refractivity contribution in [3.8, 4) is 0 Å². The number of carbonyl (C=O) groups excluding carboxylic acids is 1. The summed E-state index contributed by atoms with van der Waals surface area (Å²) < 4.78 is 5.06. The van der Waals surface area contributed by atoms with Crippen molar-refractivity contribution in [1.82, 2.24) is 10.1 Å². The molecule has 1 aromatic rings. The lowest BCUT2D eigenvalue weighted by Gasteiger charge is -2.21. The molecule has 0 aromatic carbocycles. The Morgan fingerprint density at radius 2 is 2.47 bits per heavy atom. The van der Waals surface area contributed by atoms with Crippen molar-refractivity contribution < 1.29 is 14.4 Å². The van der Waals surface area contributed by atoms with Gasteiger partial charge in [0, 0.05) is 12.1 Å². The SMILES string of the molecule is CC(C)c1cc(NC(=O)CN2CCC[C@@H]2CO)on1. The van der Waals surface area contributed by atoms with Crippen LogP contribution in [-0.2, 0) is 4.79 Å². The minimum Gasteiger partial charge on any atom is -0.395 e. The number of aliphatic hydroxyl groups excluding tert-OH is 1. The van der Waals surface area contributed by atoms with Gasteiger partial charge in [0.15, 0.2) is 0 Å². The molecular weight excluding hydrogens is 246 g/mol. The number of amides is 1. The number of aliphatic hydroxyl groups is 1. The topological polar surface area (TPSA) is 78.6 Å². The number of rotatable bonds is 5. The van der Waals surface area contributed by atoms with Crippen LogP contribution in [0.4, 0.5) is 5.88 Å². The zero-order valence-corrected chi connectivity index (χ0v) is 11.4. The Bertz CT molecular complexity index is 431. The van der Waals surface area contributed by atoms with Crippen molar-refractivity contribution in [2.45, 2.75) is 38.6 Å². The summed E-state index contributed by atoms with van der Waals surface area (Å²) >= 11 is 0. The van der Waals surface area contributed by atoms with E-state index in [0.717, 1.165) is 25.1 Å². The molecule has 0 aliphatic carbocycles. The van der Waals surface area contributed by atoms with Gasteiger partial charge in [-0.05, 0) is 25.3 Å². The second-order valence-electron chi connectivity index (χ2n) is 5.27. The van der Waals surface area contributed by atoms with Gasteiger partial charge >= 0.3 is 0 Å². The number of nitrogens with one attached hydrogen (secondary N) is 1. The average Bonchev–Trinajstić information content (AvgIpc) is 2.97. The molecule has 1 aliphatic heterocycles. The average molecular weight is 267 g/mol. The molecule has 2 N–H and O–H groups in total. The summed E-state index contributed by atoms with van der Waals surface area (Å²) in [5.41, 5.74) is 0.824. The van der Waals surface area contributed by atoms with Crippen LogP contribution in [0.25, 0.3) is 0 Å². The Morgan fingerprint density at radius 1 is 1.68 bits per heavy atom. The summed E-state index contributed by atoms with van der Waals surface area (Å²) in [7, 11) is 0. The summed E-state index contributed by atoms with van der Waals surface area (Å²) in [6.07, 6.45) is 1.97. The number of anilines is 1. The fourth-order valence-electron chi connectivity index (χ4n) is 2.29. The maximum Gasteiger partial charge on any atom is 0.240 e. The molecule has 1 aliphatic rings. The highest BCUT2D eigenvalue weighted by Gasteiger charge is 2.25. The third kappa shape index (κ3) is 3.54. The van der Waals surface area contributed by atoms with E-state index in [0.29, 0.717) is 5.88 Å². The molecule has 106 valence electrons. The normalized spacial score (nSPS) is 20.1. The Hall–Kier alpha value is -1.40. The van der Waals surface area contributed by atoms with E-state index in [9.17, 15) is 9.90 Å². The van der Waals surface area contributed by atoms with Crippen LogP contribution in [-0.4, -0.2) is 46.8 Å². The summed E-state index contributed by atoms with van der Waals surface area (Å²) in [5.74, 6) is 0.520. The van der Waals surface area contributed by atoms with Gasteiger partial charge < -0.3 is 9.63 Å². The standard InChI is InChI=1S/C13H21N3O3/c1-9(2)11-6-13(19-15-11)14-12(18)7-16-5-3-4-10(16)8-17/h6,9-10,17H,3-5,7-8H2,1-2H3,(H,14,18)/t10-/m1/s1. The summed E-state index contributed by atoms with van der Waals surface area (Å²) in [5, 5.41) is 15.8. The Morgan fingerprint density at radius 3 is 3.11 bits per heavy atom. The van der Waals surface area contributed by atoms with Crippen LogP contribution in [0, 0.1) is 0 Å². The van der Waals surface area contributed by atoms with E-state index >= 15 is 0 Å². The largest absolute Gasteiger partial charge is 0.395 e.